The molecule has 1 rings (SSSR count). The lowest BCUT2D eigenvalue weighted by molar-refractivity contribution is -0.136. The number of alkyl halides is 3. The van der Waals surface area contributed by atoms with Gasteiger partial charge in [0.15, 0.2) is 0 Å². The van der Waals surface area contributed by atoms with Gasteiger partial charge in [-0.2, -0.15) is 13.2 Å². The molecule has 0 heterocycles. The summed E-state index contributed by atoms with van der Waals surface area (Å²) in [6.07, 6.45) is -4.47. The molecular weight excluding hydrogens is 209 g/mol. The van der Waals surface area contributed by atoms with E-state index in [-0.39, 0.29) is 5.69 Å². The topological polar surface area (TPSA) is 41.1 Å². The van der Waals surface area contributed by atoms with Crippen molar-refractivity contribution in [1.29, 1.82) is 0 Å². The van der Waals surface area contributed by atoms with E-state index in [0.29, 0.717) is 0 Å². The van der Waals surface area contributed by atoms with Crippen molar-refractivity contribution in [3.8, 4) is 0 Å². The molecule has 0 aromatic heterocycles. The van der Waals surface area contributed by atoms with Gasteiger partial charge in [-0.15, -0.1) is 0 Å². The van der Waals surface area contributed by atoms with Crippen LogP contribution >= 0.6 is 0 Å². The van der Waals surface area contributed by atoms with Crippen LogP contribution in [-0.2, 0) is 6.18 Å². The number of para-hydroxylation sites is 1. The molecule has 0 aliphatic carbocycles. The van der Waals surface area contributed by atoms with Crippen LogP contribution in [0.3, 0.4) is 0 Å². The summed E-state index contributed by atoms with van der Waals surface area (Å²) in [7, 11) is 1.32. The molecule has 1 aromatic rings. The van der Waals surface area contributed by atoms with Crippen molar-refractivity contribution in [3.63, 3.8) is 0 Å². The number of amides is 2. The van der Waals surface area contributed by atoms with Crippen LogP contribution in [0.1, 0.15) is 5.56 Å². The van der Waals surface area contributed by atoms with Crippen LogP contribution in [0.25, 0.3) is 0 Å². The van der Waals surface area contributed by atoms with Crippen LogP contribution in [0.5, 0.6) is 0 Å². The Bertz CT molecular complexity index is 363. The average Bonchev–Trinajstić information content (AvgIpc) is 2.17. The summed E-state index contributed by atoms with van der Waals surface area (Å²) in [4.78, 5) is 10.9. The zero-order valence-electron chi connectivity index (χ0n) is 7.85. The molecule has 2 N–H and O–H groups in total. The van der Waals surface area contributed by atoms with Crippen LogP contribution in [0, 0.1) is 0 Å². The molecule has 15 heavy (non-hydrogen) atoms. The Kier molecular flexibility index (Phi) is 3.18. The van der Waals surface area contributed by atoms with Crippen LogP contribution in [0.4, 0.5) is 23.7 Å². The summed E-state index contributed by atoms with van der Waals surface area (Å²) in [5.74, 6) is 0. The third kappa shape index (κ3) is 2.87. The van der Waals surface area contributed by atoms with E-state index >= 15 is 0 Å². The molecule has 0 bridgehead atoms. The number of benzene rings is 1. The zero-order valence-corrected chi connectivity index (χ0v) is 7.85. The van der Waals surface area contributed by atoms with Crippen molar-refractivity contribution >= 4 is 11.7 Å². The van der Waals surface area contributed by atoms with E-state index < -0.39 is 17.8 Å². The normalized spacial score (nSPS) is 10.9. The first kappa shape index (κ1) is 11.4. The summed E-state index contributed by atoms with van der Waals surface area (Å²) < 4.78 is 37.3. The number of nitrogens with one attached hydrogen (secondary N) is 2. The lowest BCUT2D eigenvalue weighted by atomic mass is 10.1. The van der Waals surface area contributed by atoms with Gasteiger partial charge in [0, 0.05) is 7.05 Å². The fourth-order valence-electron chi connectivity index (χ4n) is 1.02. The third-order valence-electron chi connectivity index (χ3n) is 1.71. The molecule has 1 aromatic carbocycles. The van der Waals surface area contributed by atoms with Crippen LogP contribution in [-0.4, -0.2) is 13.1 Å². The fraction of sp³-hybridized carbons (Fsp3) is 0.222. The Hall–Kier alpha value is -1.72. The van der Waals surface area contributed by atoms with E-state index in [1.165, 1.54) is 25.2 Å². The lowest BCUT2D eigenvalue weighted by Crippen LogP contribution is -2.26. The average molecular weight is 218 g/mol. The van der Waals surface area contributed by atoms with Crippen molar-refractivity contribution in [2.45, 2.75) is 6.18 Å². The van der Waals surface area contributed by atoms with Gasteiger partial charge in [0.1, 0.15) is 0 Å². The van der Waals surface area contributed by atoms with E-state index in [1.54, 1.807) is 0 Å². The number of urea groups is 1. The van der Waals surface area contributed by atoms with Gasteiger partial charge in [0.2, 0.25) is 0 Å². The van der Waals surface area contributed by atoms with Crippen molar-refractivity contribution in [2.24, 2.45) is 0 Å². The maximum absolute atomic E-state index is 12.4. The van der Waals surface area contributed by atoms with Crippen molar-refractivity contribution in [2.75, 3.05) is 12.4 Å². The predicted molar refractivity (Wildman–Crippen MR) is 49.5 cm³/mol. The summed E-state index contributed by atoms with van der Waals surface area (Å²) in [5.41, 5.74) is -1.13. The summed E-state index contributed by atoms with van der Waals surface area (Å²) in [6, 6.07) is 4.09. The molecule has 2 amide bonds. The minimum Gasteiger partial charge on any atom is -0.341 e. The standard InChI is InChI=1S/C9H9F3N2O/c1-13-8(15)14-7-5-3-2-4-6(7)9(10,11)12/h2-5H,1H3,(H2,13,14,15). The molecular formula is C9H9F3N2O. The SMILES string of the molecule is CNC(=O)Nc1ccccc1C(F)(F)F. The number of carbonyl (C=O) groups is 1. The van der Waals surface area contributed by atoms with Crippen molar-refractivity contribution in [1.82, 2.24) is 5.32 Å². The first-order chi connectivity index (χ1) is 6.95. The first-order valence-electron chi connectivity index (χ1n) is 4.10. The maximum atomic E-state index is 12.4. The van der Waals surface area contributed by atoms with E-state index in [0.717, 1.165) is 6.07 Å². The predicted octanol–water partition coefficient (Wildman–Crippen LogP) is 2.46. The monoisotopic (exact) mass is 218 g/mol. The molecule has 82 valence electrons. The molecule has 0 saturated heterocycles. The Morgan fingerprint density at radius 1 is 1.27 bits per heavy atom. The first-order valence-corrected chi connectivity index (χ1v) is 4.10. The van der Waals surface area contributed by atoms with Gasteiger partial charge in [-0.3, -0.25) is 0 Å². The Morgan fingerprint density at radius 3 is 2.40 bits per heavy atom. The number of anilines is 1. The van der Waals surface area contributed by atoms with E-state index in [9.17, 15) is 18.0 Å². The molecule has 0 fully saturated rings. The maximum Gasteiger partial charge on any atom is 0.418 e. The third-order valence-corrected chi connectivity index (χ3v) is 1.71. The zero-order chi connectivity index (χ0) is 11.5. The highest BCUT2D eigenvalue weighted by Crippen LogP contribution is 2.34. The number of carbonyl (C=O) groups excluding carboxylic acids is 1. The van der Waals surface area contributed by atoms with Gasteiger partial charge < -0.3 is 10.6 Å². The largest absolute Gasteiger partial charge is 0.418 e. The minimum absolute atomic E-state index is 0.260. The molecule has 0 aliphatic heterocycles. The van der Waals surface area contributed by atoms with Gasteiger partial charge in [0.05, 0.1) is 11.3 Å². The van der Waals surface area contributed by atoms with E-state index in [4.69, 9.17) is 0 Å². The quantitative estimate of drug-likeness (QED) is 0.746. The Balaban J connectivity index is 3.02. The summed E-state index contributed by atoms with van der Waals surface area (Å²) in [6.45, 7) is 0. The minimum atomic E-state index is -4.47. The molecule has 0 unspecified atom stereocenters. The Morgan fingerprint density at radius 2 is 1.87 bits per heavy atom. The van der Waals surface area contributed by atoms with E-state index in [1.807, 2.05) is 0 Å². The molecule has 0 radical (unpaired) electrons. The van der Waals surface area contributed by atoms with Gasteiger partial charge in [-0.05, 0) is 12.1 Å². The second kappa shape index (κ2) is 4.20. The Labute approximate surface area is 84.3 Å². The van der Waals surface area contributed by atoms with Gasteiger partial charge in [-0.1, -0.05) is 12.1 Å². The van der Waals surface area contributed by atoms with Crippen molar-refractivity contribution < 1.29 is 18.0 Å². The van der Waals surface area contributed by atoms with Crippen LogP contribution in [0.2, 0.25) is 0 Å². The van der Waals surface area contributed by atoms with Gasteiger partial charge in [0.25, 0.3) is 0 Å². The molecule has 0 atom stereocenters. The van der Waals surface area contributed by atoms with Crippen LogP contribution in [0.15, 0.2) is 24.3 Å². The second-order valence-electron chi connectivity index (χ2n) is 2.75. The number of hydrogen-bond acceptors (Lipinski definition) is 1. The van der Waals surface area contributed by atoms with Crippen molar-refractivity contribution in [3.05, 3.63) is 29.8 Å². The van der Waals surface area contributed by atoms with E-state index in [2.05, 4.69) is 10.6 Å². The highest BCUT2D eigenvalue weighted by Gasteiger charge is 2.33. The molecule has 0 aliphatic rings. The molecule has 0 saturated carbocycles. The molecule has 3 nitrogen and oxygen atoms in total. The number of hydrogen-bond donors (Lipinski definition) is 2. The number of halogens is 3. The summed E-state index contributed by atoms with van der Waals surface area (Å²) in [5, 5.41) is 4.27. The fourth-order valence-corrected chi connectivity index (χ4v) is 1.02. The smallest absolute Gasteiger partial charge is 0.341 e. The molecule has 0 spiro atoms. The van der Waals surface area contributed by atoms with Gasteiger partial charge >= 0.3 is 12.2 Å². The molecule has 6 heteroatoms. The summed E-state index contributed by atoms with van der Waals surface area (Å²) >= 11 is 0. The van der Waals surface area contributed by atoms with Crippen LogP contribution < -0.4 is 10.6 Å². The lowest BCUT2D eigenvalue weighted by Gasteiger charge is -2.12. The van der Waals surface area contributed by atoms with Gasteiger partial charge in [-0.25, -0.2) is 4.79 Å². The second-order valence-corrected chi connectivity index (χ2v) is 2.75. The highest BCUT2D eigenvalue weighted by molar-refractivity contribution is 5.89. The number of rotatable bonds is 1. The highest BCUT2D eigenvalue weighted by atomic mass is 19.4.